The monoisotopic (exact) mass is 331 g/mol. The Labute approximate surface area is 122 Å². The highest BCUT2D eigenvalue weighted by Gasteiger charge is 2.04. The second-order valence-corrected chi connectivity index (χ2v) is 5.55. The first-order valence-electron chi connectivity index (χ1n) is 6.57. The van der Waals surface area contributed by atoms with Crippen molar-refractivity contribution >= 4 is 21.8 Å². The quantitative estimate of drug-likeness (QED) is 0.743. The number of hydrogen-bond acceptors (Lipinski definition) is 3. The van der Waals surface area contributed by atoms with Crippen molar-refractivity contribution < 1.29 is 9.53 Å². The Kier molecular flexibility index (Phi) is 7.09. The van der Waals surface area contributed by atoms with Crippen LogP contribution < -0.4 is 5.32 Å². The first kappa shape index (κ1) is 16.2. The van der Waals surface area contributed by atoms with Gasteiger partial charge in [0, 0.05) is 32.3 Å². The summed E-state index contributed by atoms with van der Waals surface area (Å²) in [6.45, 7) is 7.87. The summed E-state index contributed by atoms with van der Waals surface area (Å²) in [5.74, 6) is 0.0498. The van der Waals surface area contributed by atoms with Crippen molar-refractivity contribution in [3.63, 3.8) is 0 Å². The van der Waals surface area contributed by atoms with Gasteiger partial charge >= 0.3 is 0 Å². The third kappa shape index (κ3) is 6.73. The van der Waals surface area contributed by atoms with Crippen LogP contribution in [-0.4, -0.2) is 34.9 Å². The first-order valence-corrected chi connectivity index (χ1v) is 7.36. The zero-order valence-electron chi connectivity index (χ0n) is 11.8. The number of aryl methyl sites for hydroxylation is 2. The van der Waals surface area contributed by atoms with Crippen LogP contribution in [0.5, 0.6) is 0 Å². The highest BCUT2D eigenvalue weighted by atomic mass is 79.9. The van der Waals surface area contributed by atoms with Crippen LogP contribution in [0.4, 0.5) is 0 Å². The van der Waals surface area contributed by atoms with Gasteiger partial charge in [0.05, 0.1) is 16.3 Å². The van der Waals surface area contributed by atoms with Crippen LogP contribution in [0.3, 0.4) is 0 Å². The van der Waals surface area contributed by atoms with E-state index in [0.717, 1.165) is 16.6 Å². The molecule has 0 bridgehead atoms. The van der Waals surface area contributed by atoms with E-state index in [-0.39, 0.29) is 12.0 Å². The average Bonchev–Trinajstić information content (AvgIpc) is 2.65. The van der Waals surface area contributed by atoms with Gasteiger partial charge in [-0.3, -0.25) is 9.48 Å². The molecule has 0 aliphatic carbocycles. The second kappa shape index (κ2) is 8.32. The summed E-state index contributed by atoms with van der Waals surface area (Å²) in [7, 11) is 0. The van der Waals surface area contributed by atoms with Gasteiger partial charge in [-0.05, 0) is 43.1 Å². The van der Waals surface area contributed by atoms with Crippen LogP contribution in [0.15, 0.2) is 10.7 Å². The predicted octanol–water partition coefficient (Wildman–Crippen LogP) is 2.28. The number of hydrogen-bond donors (Lipinski definition) is 1. The number of amides is 1. The van der Waals surface area contributed by atoms with Crippen LogP contribution >= 0.6 is 15.9 Å². The Morgan fingerprint density at radius 1 is 1.58 bits per heavy atom. The molecule has 1 N–H and O–H groups in total. The molecule has 5 nitrogen and oxygen atoms in total. The van der Waals surface area contributed by atoms with Crippen molar-refractivity contribution in [1.29, 1.82) is 0 Å². The molecular formula is C13H22BrN3O2. The highest BCUT2D eigenvalue weighted by molar-refractivity contribution is 9.10. The number of carbonyl (C=O) groups is 1. The predicted molar refractivity (Wildman–Crippen MR) is 78.0 cm³/mol. The molecule has 19 heavy (non-hydrogen) atoms. The van der Waals surface area contributed by atoms with Crippen LogP contribution in [0.2, 0.25) is 0 Å². The van der Waals surface area contributed by atoms with Crippen LogP contribution in [0, 0.1) is 6.92 Å². The molecule has 0 aliphatic heterocycles. The summed E-state index contributed by atoms with van der Waals surface area (Å²) >= 11 is 3.40. The van der Waals surface area contributed by atoms with Gasteiger partial charge in [-0.25, -0.2) is 0 Å². The van der Waals surface area contributed by atoms with Crippen molar-refractivity contribution in [2.24, 2.45) is 0 Å². The van der Waals surface area contributed by atoms with Gasteiger partial charge in [-0.15, -0.1) is 0 Å². The third-order valence-corrected chi connectivity index (χ3v) is 3.33. The van der Waals surface area contributed by atoms with Crippen molar-refractivity contribution in [2.75, 3.05) is 13.2 Å². The molecule has 1 aromatic heterocycles. The van der Waals surface area contributed by atoms with E-state index in [0.29, 0.717) is 26.1 Å². The fourth-order valence-corrected chi connectivity index (χ4v) is 1.85. The van der Waals surface area contributed by atoms with E-state index in [1.165, 1.54) is 0 Å². The fourth-order valence-electron chi connectivity index (χ4n) is 1.53. The molecule has 1 amide bonds. The Balaban J connectivity index is 2.11. The number of halogens is 1. The lowest BCUT2D eigenvalue weighted by Crippen LogP contribution is -2.26. The van der Waals surface area contributed by atoms with Crippen molar-refractivity contribution in [1.82, 2.24) is 15.1 Å². The standard InChI is InChI=1S/C13H22BrN3O2/c1-10(2)19-8-4-6-15-13(18)5-7-17-9-12(14)11(3)16-17/h9-10H,4-8H2,1-3H3,(H,15,18). The van der Waals surface area contributed by atoms with Crippen LogP contribution in [-0.2, 0) is 16.1 Å². The zero-order valence-corrected chi connectivity index (χ0v) is 13.4. The number of nitrogens with zero attached hydrogens (tertiary/aromatic N) is 2. The van der Waals surface area contributed by atoms with E-state index in [4.69, 9.17) is 4.74 Å². The molecule has 0 radical (unpaired) electrons. The van der Waals surface area contributed by atoms with Gasteiger partial charge in [-0.1, -0.05) is 0 Å². The minimum atomic E-state index is 0.0498. The molecule has 1 aromatic rings. The molecular weight excluding hydrogens is 310 g/mol. The Hall–Kier alpha value is -0.880. The summed E-state index contributed by atoms with van der Waals surface area (Å²) in [5.41, 5.74) is 0.936. The van der Waals surface area contributed by atoms with E-state index in [1.54, 1.807) is 4.68 Å². The smallest absolute Gasteiger partial charge is 0.221 e. The van der Waals surface area contributed by atoms with Crippen molar-refractivity contribution in [3.8, 4) is 0 Å². The summed E-state index contributed by atoms with van der Waals surface area (Å²) in [6.07, 6.45) is 3.42. The minimum Gasteiger partial charge on any atom is -0.379 e. The van der Waals surface area contributed by atoms with Crippen molar-refractivity contribution in [3.05, 3.63) is 16.4 Å². The summed E-state index contributed by atoms with van der Waals surface area (Å²) in [6, 6.07) is 0. The SMILES string of the molecule is Cc1nn(CCC(=O)NCCCOC(C)C)cc1Br. The maximum Gasteiger partial charge on any atom is 0.221 e. The molecule has 0 aromatic carbocycles. The number of aromatic nitrogens is 2. The summed E-state index contributed by atoms with van der Waals surface area (Å²) < 4.78 is 8.15. The number of ether oxygens (including phenoxy) is 1. The Morgan fingerprint density at radius 3 is 2.89 bits per heavy atom. The van der Waals surface area contributed by atoms with E-state index in [9.17, 15) is 4.79 Å². The molecule has 0 aliphatic rings. The third-order valence-electron chi connectivity index (χ3n) is 2.55. The van der Waals surface area contributed by atoms with Gasteiger partial charge in [0.1, 0.15) is 0 Å². The molecule has 108 valence electrons. The topological polar surface area (TPSA) is 56.2 Å². The molecule has 1 rings (SSSR count). The van der Waals surface area contributed by atoms with Gasteiger partial charge in [0.2, 0.25) is 5.91 Å². The molecule has 1 heterocycles. The number of rotatable bonds is 8. The average molecular weight is 332 g/mol. The zero-order chi connectivity index (χ0) is 14.3. The van der Waals surface area contributed by atoms with E-state index >= 15 is 0 Å². The number of carbonyl (C=O) groups excluding carboxylic acids is 1. The fraction of sp³-hybridized carbons (Fsp3) is 0.692. The minimum absolute atomic E-state index is 0.0498. The Bertz CT molecular complexity index is 385. The summed E-state index contributed by atoms with van der Waals surface area (Å²) in [4.78, 5) is 11.6. The highest BCUT2D eigenvalue weighted by Crippen LogP contribution is 2.13. The summed E-state index contributed by atoms with van der Waals surface area (Å²) in [5, 5.41) is 7.16. The maximum absolute atomic E-state index is 11.6. The first-order chi connectivity index (χ1) is 8.99. The normalized spacial score (nSPS) is 11.0. The van der Waals surface area contributed by atoms with Gasteiger partial charge in [0.25, 0.3) is 0 Å². The maximum atomic E-state index is 11.6. The number of nitrogens with one attached hydrogen (secondary N) is 1. The Morgan fingerprint density at radius 2 is 2.32 bits per heavy atom. The van der Waals surface area contributed by atoms with E-state index in [1.807, 2.05) is 27.0 Å². The van der Waals surface area contributed by atoms with E-state index < -0.39 is 0 Å². The van der Waals surface area contributed by atoms with E-state index in [2.05, 4.69) is 26.3 Å². The molecule has 0 saturated carbocycles. The van der Waals surface area contributed by atoms with Gasteiger partial charge < -0.3 is 10.1 Å². The molecule has 0 fully saturated rings. The largest absolute Gasteiger partial charge is 0.379 e. The van der Waals surface area contributed by atoms with Crippen LogP contribution in [0.1, 0.15) is 32.4 Å². The molecule has 0 atom stereocenters. The van der Waals surface area contributed by atoms with Crippen molar-refractivity contribution in [2.45, 2.75) is 46.3 Å². The molecule has 0 spiro atoms. The molecule has 0 saturated heterocycles. The lowest BCUT2D eigenvalue weighted by atomic mass is 10.3. The lowest BCUT2D eigenvalue weighted by molar-refractivity contribution is -0.121. The molecule has 6 heteroatoms. The van der Waals surface area contributed by atoms with Gasteiger partial charge in [0.15, 0.2) is 0 Å². The second-order valence-electron chi connectivity index (χ2n) is 4.70. The van der Waals surface area contributed by atoms with Gasteiger partial charge in [-0.2, -0.15) is 5.10 Å². The van der Waals surface area contributed by atoms with Crippen LogP contribution in [0.25, 0.3) is 0 Å². The molecule has 0 unspecified atom stereocenters. The lowest BCUT2D eigenvalue weighted by Gasteiger charge is -2.08.